The summed E-state index contributed by atoms with van der Waals surface area (Å²) in [5.74, 6) is 0.727. The smallest absolute Gasteiger partial charge is 0.184 e. The van der Waals surface area contributed by atoms with Gasteiger partial charge in [-0.3, -0.25) is 0 Å². The number of nitrogens with two attached hydrogens (primary N) is 1. The standard InChI is InChI=1S/C8H7ClN2OS/c1-12-4-2-5(10)7-6(3-4)13-8(9)11-7/h2-3H,10H2,1H3. The molecule has 2 N–H and O–H groups in total. The van der Waals surface area contributed by atoms with Gasteiger partial charge in [0.05, 0.1) is 17.5 Å². The number of rotatable bonds is 1. The van der Waals surface area contributed by atoms with Gasteiger partial charge in [0.1, 0.15) is 11.3 Å². The van der Waals surface area contributed by atoms with Crippen LogP contribution >= 0.6 is 22.9 Å². The van der Waals surface area contributed by atoms with Crippen LogP contribution in [0.25, 0.3) is 10.2 Å². The first-order valence-corrected chi connectivity index (χ1v) is 4.79. The molecular weight excluding hydrogens is 208 g/mol. The quantitative estimate of drug-likeness (QED) is 0.743. The van der Waals surface area contributed by atoms with Crippen molar-refractivity contribution in [3.8, 4) is 5.75 Å². The minimum Gasteiger partial charge on any atom is -0.497 e. The number of anilines is 1. The van der Waals surface area contributed by atoms with Crippen molar-refractivity contribution in [3.05, 3.63) is 16.6 Å². The molecule has 2 rings (SSSR count). The Morgan fingerprint density at radius 1 is 1.54 bits per heavy atom. The molecule has 0 aliphatic heterocycles. The molecular formula is C8H7ClN2OS. The largest absolute Gasteiger partial charge is 0.497 e. The molecule has 0 fully saturated rings. The topological polar surface area (TPSA) is 48.1 Å². The first kappa shape index (κ1) is 8.59. The van der Waals surface area contributed by atoms with Crippen LogP contribution in [0, 0.1) is 0 Å². The van der Waals surface area contributed by atoms with E-state index in [0.717, 1.165) is 16.0 Å². The number of hydrogen-bond acceptors (Lipinski definition) is 4. The Balaban J connectivity index is 2.75. The fraction of sp³-hybridized carbons (Fsp3) is 0.125. The molecule has 68 valence electrons. The van der Waals surface area contributed by atoms with E-state index in [9.17, 15) is 0 Å². The van der Waals surface area contributed by atoms with Gasteiger partial charge in [0.15, 0.2) is 4.47 Å². The Kier molecular flexibility index (Phi) is 2.01. The molecule has 1 aromatic heterocycles. The zero-order chi connectivity index (χ0) is 9.42. The molecule has 0 atom stereocenters. The van der Waals surface area contributed by atoms with E-state index in [1.165, 1.54) is 11.3 Å². The summed E-state index contributed by atoms with van der Waals surface area (Å²) in [6, 6.07) is 3.60. The van der Waals surface area contributed by atoms with Gasteiger partial charge in [-0.25, -0.2) is 4.98 Å². The second kappa shape index (κ2) is 3.05. The number of nitrogens with zero attached hydrogens (tertiary/aromatic N) is 1. The molecule has 1 heterocycles. The molecule has 0 aliphatic rings. The van der Waals surface area contributed by atoms with E-state index < -0.39 is 0 Å². The van der Waals surface area contributed by atoms with E-state index in [0.29, 0.717) is 10.2 Å². The number of fused-ring (bicyclic) bond motifs is 1. The molecule has 3 nitrogen and oxygen atoms in total. The van der Waals surface area contributed by atoms with Gasteiger partial charge in [0, 0.05) is 6.07 Å². The van der Waals surface area contributed by atoms with Crippen LogP contribution in [0.2, 0.25) is 4.47 Å². The summed E-state index contributed by atoms with van der Waals surface area (Å²) >= 11 is 7.15. The minimum atomic E-state index is 0.495. The van der Waals surface area contributed by atoms with E-state index in [1.54, 1.807) is 13.2 Å². The molecule has 0 saturated carbocycles. The number of nitrogen functional groups attached to an aromatic ring is 1. The second-order valence-corrected chi connectivity index (χ2v) is 4.14. The highest BCUT2D eigenvalue weighted by Crippen LogP contribution is 2.32. The summed E-state index contributed by atoms with van der Waals surface area (Å²) in [4.78, 5) is 4.09. The average Bonchev–Trinajstić information content (AvgIpc) is 2.46. The maximum absolute atomic E-state index is 5.76. The number of thiazole rings is 1. The Morgan fingerprint density at radius 3 is 3.00 bits per heavy atom. The first-order chi connectivity index (χ1) is 6.20. The molecule has 0 radical (unpaired) electrons. The lowest BCUT2D eigenvalue weighted by molar-refractivity contribution is 0.415. The third-order valence-corrected chi connectivity index (χ3v) is 2.81. The molecule has 0 bridgehead atoms. The molecule has 0 saturated heterocycles. The Bertz CT molecular complexity index is 455. The zero-order valence-electron chi connectivity index (χ0n) is 6.87. The van der Waals surface area contributed by atoms with Crippen molar-refractivity contribution in [2.45, 2.75) is 0 Å². The van der Waals surface area contributed by atoms with Gasteiger partial charge in [0.2, 0.25) is 0 Å². The molecule has 13 heavy (non-hydrogen) atoms. The van der Waals surface area contributed by atoms with E-state index in [4.69, 9.17) is 22.1 Å². The third-order valence-electron chi connectivity index (χ3n) is 1.71. The molecule has 0 amide bonds. The summed E-state index contributed by atoms with van der Waals surface area (Å²) in [6.07, 6.45) is 0. The van der Waals surface area contributed by atoms with Crippen LogP contribution in [0.5, 0.6) is 5.75 Å². The van der Waals surface area contributed by atoms with Gasteiger partial charge >= 0.3 is 0 Å². The van der Waals surface area contributed by atoms with Gasteiger partial charge in [-0.05, 0) is 6.07 Å². The summed E-state index contributed by atoms with van der Waals surface area (Å²) < 4.78 is 6.51. The minimum absolute atomic E-state index is 0.495. The Hall–Kier alpha value is -1.00. The summed E-state index contributed by atoms with van der Waals surface area (Å²) in [5, 5.41) is 0. The predicted octanol–water partition coefficient (Wildman–Crippen LogP) is 2.54. The van der Waals surface area contributed by atoms with Crippen molar-refractivity contribution in [3.63, 3.8) is 0 Å². The van der Waals surface area contributed by atoms with Crippen molar-refractivity contribution in [2.75, 3.05) is 12.8 Å². The van der Waals surface area contributed by atoms with Gasteiger partial charge in [0.25, 0.3) is 0 Å². The van der Waals surface area contributed by atoms with Crippen LogP contribution in [0.1, 0.15) is 0 Å². The highest BCUT2D eigenvalue weighted by atomic mass is 35.5. The summed E-state index contributed by atoms with van der Waals surface area (Å²) in [6.45, 7) is 0. The lowest BCUT2D eigenvalue weighted by atomic mass is 10.3. The van der Waals surface area contributed by atoms with Crippen LogP contribution in [0.3, 0.4) is 0 Å². The van der Waals surface area contributed by atoms with Crippen LogP contribution in [0.4, 0.5) is 5.69 Å². The monoisotopic (exact) mass is 214 g/mol. The van der Waals surface area contributed by atoms with Gasteiger partial charge in [-0.1, -0.05) is 11.6 Å². The predicted molar refractivity (Wildman–Crippen MR) is 55.6 cm³/mol. The molecule has 1 aromatic carbocycles. The van der Waals surface area contributed by atoms with Crippen molar-refractivity contribution >= 4 is 38.8 Å². The van der Waals surface area contributed by atoms with Crippen LogP contribution in [0.15, 0.2) is 12.1 Å². The molecule has 2 aromatic rings. The van der Waals surface area contributed by atoms with Crippen molar-refractivity contribution in [1.29, 1.82) is 0 Å². The maximum atomic E-state index is 5.76. The Labute approximate surface area is 84.1 Å². The number of hydrogen-bond donors (Lipinski definition) is 1. The van der Waals surface area contributed by atoms with E-state index in [2.05, 4.69) is 4.98 Å². The molecule has 5 heteroatoms. The number of benzene rings is 1. The van der Waals surface area contributed by atoms with Crippen molar-refractivity contribution < 1.29 is 4.74 Å². The number of methoxy groups -OCH3 is 1. The Morgan fingerprint density at radius 2 is 2.31 bits per heavy atom. The molecule has 0 aliphatic carbocycles. The third kappa shape index (κ3) is 1.43. The number of ether oxygens (including phenoxy) is 1. The first-order valence-electron chi connectivity index (χ1n) is 3.60. The SMILES string of the molecule is COc1cc(N)c2nc(Cl)sc2c1. The van der Waals surface area contributed by atoms with Gasteiger partial charge < -0.3 is 10.5 Å². The fourth-order valence-electron chi connectivity index (χ4n) is 1.12. The highest BCUT2D eigenvalue weighted by Gasteiger charge is 2.06. The summed E-state index contributed by atoms with van der Waals surface area (Å²) in [7, 11) is 1.60. The second-order valence-electron chi connectivity index (χ2n) is 2.53. The fourth-order valence-corrected chi connectivity index (χ4v) is 2.21. The van der Waals surface area contributed by atoms with Crippen LogP contribution in [-0.4, -0.2) is 12.1 Å². The average molecular weight is 215 g/mol. The number of aromatic nitrogens is 1. The van der Waals surface area contributed by atoms with Gasteiger partial charge in [-0.15, -0.1) is 11.3 Å². The lowest BCUT2D eigenvalue weighted by Gasteiger charge is -2.00. The lowest BCUT2D eigenvalue weighted by Crippen LogP contribution is -1.89. The van der Waals surface area contributed by atoms with E-state index in [1.807, 2.05) is 6.07 Å². The highest BCUT2D eigenvalue weighted by molar-refractivity contribution is 7.22. The van der Waals surface area contributed by atoms with Crippen molar-refractivity contribution in [2.24, 2.45) is 0 Å². The summed E-state index contributed by atoms with van der Waals surface area (Å²) in [5.41, 5.74) is 7.09. The number of halogens is 1. The van der Waals surface area contributed by atoms with Crippen molar-refractivity contribution in [1.82, 2.24) is 4.98 Å². The zero-order valence-corrected chi connectivity index (χ0v) is 8.45. The molecule has 0 unspecified atom stereocenters. The van der Waals surface area contributed by atoms with Crippen LogP contribution < -0.4 is 10.5 Å². The van der Waals surface area contributed by atoms with Gasteiger partial charge in [-0.2, -0.15) is 0 Å². The van der Waals surface area contributed by atoms with E-state index in [-0.39, 0.29) is 0 Å². The molecule has 0 spiro atoms. The normalized spacial score (nSPS) is 10.6. The van der Waals surface area contributed by atoms with Crippen LogP contribution in [-0.2, 0) is 0 Å². The maximum Gasteiger partial charge on any atom is 0.184 e. The van der Waals surface area contributed by atoms with E-state index >= 15 is 0 Å².